The average molecular weight is 246 g/mol. The number of aromatic carboxylic acids is 1. The zero-order chi connectivity index (χ0) is 13.3. The van der Waals surface area contributed by atoms with Crippen molar-refractivity contribution in [3.05, 3.63) is 53.3 Å². The minimum absolute atomic E-state index is 0.000826. The van der Waals surface area contributed by atoms with Crippen molar-refractivity contribution in [1.29, 1.82) is 0 Å². The summed E-state index contributed by atoms with van der Waals surface area (Å²) in [7, 11) is 0. The number of carboxylic acids is 1. The molecular weight excluding hydrogens is 235 g/mol. The Morgan fingerprint density at radius 1 is 1.17 bits per heavy atom. The highest BCUT2D eigenvalue weighted by Crippen LogP contribution is 2.31. The topological polar surface area (TPSA) is 57.5 Å². The van der Waals surface area contributed by atoms with Crippen LogP contribution in [0.3, 0.4) is 0 Å². The summed E-state index contributed by atoms with van der Waals surface area (Å²) in [5.74, 6) is -1.61. The van der Waals surface area contributed by atoms with E-state index < -0.39 is 5.97 Å². The average Bonchev–Trinajstić information content (AvgIpc) is 2.29. The lowest BCUT2D eigenvalue weighted by atomic mass is 9.94. The molecule has 0 unspecified atom stereocenters. The minimum atomic E-state index is -1.13. The molecule has 0 fully saturated rings. The maximum atomic E-state index is 12.9. The summed E-state index contributed by atoms with van der Waals surface area (Å²) in [4.78, 5) is 11.2. The van der Waals surface area contributed by atoms with Gasteiger partial charge in [0, 0.05) is 0 Å². The van der Waals surface area contributed by atoms with Gasteiger partial charge in [0.05, 0.1) is 5.56 Å². The maximum absolute atomic E-state index is 12.9. The van der Waals surface area contributed by atoms with E-state index in [2.05, 4.69) is 0 Å². The summed E-state index contributed by atoms with van der Waals surface area (Å²) >= 11 is 0. The van der Waals surface area contributed by atoms with Gasteiger partial charge in [0.25, 0.3) is 0 Å². The van der Waals surface area contributed by atoms with E-state index in [1.54, 1.807) is 6.92 Å². The maximum Gasteiger partial charge on any atom is 0.336 e. The van der Waals surface area contributed by atoms with E-state index in [0.29, 0.717) is 16.7 Å². The lowest BCUT2D eigenvalue weighted by Crippen LogP contribution is -2.01. The van der Waals surface area contributed by atoms with Crippen LogP contribution in [-0.2, 0) is 0 Å². The fourth-order valence-corrected chi connectivity index (χ4v) is 1.94. The number of carbonyl (C=O) groups is 1. The summed E-state index contributed by atoms with van der Waals surface area (Å²) < 4.78 is 12.9. The van der Waals surface area contributed by atoms with Crippen molar-refractivity contribution in [3.8, 4) is 16.9 Å². The van der Waals surface area contributed by atoms with E-state index in [4.69, 9.17) is 5.11 Å². The van der Waals surface area contributed by atoms with Crippen LogP contribution in [0.15, 0.2) is 36.4 Å². The van der Waals surface area contributed by atoms with Crippen LogP contribution in [0, 0.1) is 12.7 Å². The second-order valence-electron chi connectivity index (χ2n) is 4.00. The Labute approximate surface area is 103 Å². The molecule has 0 saturated heterocycles. The van der Waals surface area contributed by atoms with Crippen molar-refractivity contribution in [2.45, 2.75) is 6.92 Å². The Morgan fingerprint density at radius 2 is 1.78 bits per heavy atom. The van der Waals surface area contributed by atoms with E-state index in [-0.39, 0.29) is 17.1 Å². The van der Waals surface area contributed by atoms with Gasteiger partial charge in [-0.1, -0.05) is 12.1 Å². The van der Waals surface area contributed by atoms with E-state index in [1.165, 1.54) is 36.4 Å². The standard InChI is InChI=1S/C14H11FO3/c1-8-6-11(16)7-12(14(17)18)13(8)9-2-4-10(15)5-3-9/h2-7,16H,1H3,(H,17,18). The molecular formula is C14H11FO3. The summed E-state index contributed by atoms with van der Waals surface area (Å²) in [6, 6.07) is 8.24. The fraction of sp³-hybridized carbons (Fsp3) is 0.0714. The number of aromatic hydroxyl groups is 1. The largest absolute Gasteiger partial charge is 0.508 e. The van der Waals surface area contributed by atoms with Crippen molar-refractivity contribution >= 4 is 5.97 Å². The van der Waals surface area contributed by atoms with Gasteiger partial charge >= 0.3 is 5.97 Å². The number of phenolic OH excluding ortho intramolecular Hbond substituents is 1. The second kappa shape index (κ2) is 4.49. The summed E-state index contributed by atoms with van der Waals surface area (Å²) in [5.41, 5.74) is 1.71. The van der Waals surface area contributed by atoms with Crippen molar-refractivity contribution < 1.29 is 19.4 Å². The lowest BCUT2D eigenvalue weighted by molar-refractivity contribution is 0.0697. The molecule has 0 aromatic heterocycles. The smallest absolute Gasteiger partial charge is 0.336 e. The molecule has 0 aliphatic rings. The Bertz CT molecular complexity index is 603. The lowest BCUT2D eigenvalue weighted by Gasteiger charge is -2.11. The molecule has 2 N–H and O–H groups in total. The highest BCUT2D eigenvalue weighted by atomic mass is 19.1. The molecule has 0 saturated carbocycles. The van der Waals surface area contributed by atoms with Crippen LogP contribution in [0.2, 0.25) is 0 Å². The Kier molecular flexibility index (Phi) is 3.02. The summed E-state index contributed by atoms with van der Waals surface area (Å²) in [6.45, 7) is 1.70. The van der Waals surface area contributed by atoms with Crippen LogP contribution in [-0.4, -0.2) is 16.2 Å². The molecule has 2 rings (SSSR count). The molecule has 18 heavy (non-hydrogen) atoms. The van der Waals surface area contributed by atoms with Gasteiger partial charge in [-0.05, 0) is 47.9 Å². The van der Waals surface area contributed by atoms with Gasteiger partial charge in [0.2, 0.25) is 0 Å². The Balaban J connectivity index is 2.69. The SMILES string of the molecule is Cc1cc(O)cc(C(=O)O)c1-c1ccc(F)cc1. The third-order valence-corrected chi connectivity index (χ3v) is 2.68. The van der Waals surface area contributed by atoms with Crippen LogP contribution in [0.25, 0.3) is 11.1 Å². The predicted molar refractivity (Wildman–Crippen MR) is 65.2 cm³/mol. The molecule has 92 valence electrons. The highest BCUT2D eigenvalue weighted by molar-refractivity contribution is 5.97. The number of benzene rings is 2. The molecule has 3 nitrogen and oxygen atoms in total. The number of rotatable bonds is 2. The molecule has 0 spiro atoms. The van der Waals surface area contributed by atoms with Crippen LogP contribution < -0.4 is 0 Å². The number of hydrogen-bond acceptors (Lipinski definition) is 2. The zero-order valence-electron chi connectivity index (χ0n) is 9.64. The zero-order valence-corrected chi connectivity index (χ0v) is 9.64. The molecule has 0 aliphatic heterocycles. The fourth-order valence-electron chi connectivity index (χ4n) is 1.94. The highest BCUT2D eigenvalue weighted by Gasteiger charge is 2.15. The number of aryl methyl sites for hydroxylation is 1. The summed E-state index contributed by atoms with van der Waals surface area (Å²) in [6.07, 6.45) is 0. The minimum Gasteiger partial charge on any atom is -0.508 e. The third kappa shape index (κ3) is 2.18. The van der Waals surface area contributed by atoms with Gasteiger partial charge in [0.1, 0.15) is 11.6 Å². The van der Waals surface area contributed by atoms with Crippen molar-refractivity contribution in [3.63, 3.8) is 0 Å². The Hall–Kier alpha value is -2.36. The van der Waals surface area contributed by atoms with E-state index in [1.807, 2.05) is 0 Å². The third-order valence-electron chi connectivity index (χ3n) is 2.68. The normalized spacial score (nSPS) is 10.3. The van der Waals surface area contributed by atoms with Gasteiger partial charge in [-0.3, -0.25) is 0 Å². The Morgan fingerprint density at radius 3 is 2.33 bits per heavy atom. The van der Waals surface area contributed by atoms with E-state index in [0.717, 1.165) is 0 Å². The van der Waals surface area contributed by atoms with Crippen LogP contribution in [0.4, 0.5) is 4.39 Å². The van der Waals surface area contributed by atoms with Crippen LogP contribution >= 0.6 is 0 Å². The first-order chi connectivity index (χ1) is 8.49. The van der Waals surface area contributed by atoms with Gasteiger partial charge in [0.15, 0.2) is 0 Å². The first-order valence-corrected chi connectivity index (χ1v) is 5.32. The molecule has 0 radical (unpaired) electrons. The second-order valence-corrected chi connectivity index (χ2v) is 4.00. The molecule has 0 amide bonds. The molecule has 0 aliphatic carbocycles. The van der Waals surface area contributed by atoms with Crippen molar-refractivity contribution in [2.75, 3.05) is 0 Å². The van der Waals surface area contributed by atoms with Gasteiger partial charge in [-0.2, -0.15) is 0 Å². The monoisotopic (exact) mass is 246 g/mol. The van der Waals surface area contributed by atoms with Crippen LogP contribution in [0.1, 0.15) is 15.9 Å². The van der Waals surface area contributed by atoms with Crippen LogP contribution in [0.5, 0.6) is 5.75 Å². The summed E-state index contributed by atoms with van der Waals surface area (Å²) in [5, 5.41) is 18.6. The number of phenols is 1. The van der Waals surface area contributed by atoms with E-state index in [9.17, 15) is 14.3 Å². The number of carboxylic acid groups (broad SMARTS) is 1. The van der Waals surface area contributed by atoms with Gasteiger partial charge in [-0.25, -0.2) is 9.18 Å². The number of halogens is 1. The van der Waals surface area contributed by atoms with Crippen molar-refractivity contribution in [2.24, 2.45) is 0 Å². The molecule has 2 aromatic rings. The quantitative estimate of drug-likeness (QED) is 0.855. The van der Waals surface area contributed by atoms with Crippen molar-refractivity contribution in [1.82, 2.24) is 0 Å². The predicted octanol–water partition coefficient (Wildman–Crippen LogP) is 3.20. The molecule has 0 bridgehead atoms. The number of hydrogen-bond donors (Lipinski definition) is 2. The molecule has 0 atom stereocenters. The first-order valence-electron chi connectivity index (χ1n) is 5.32. The molecule has 0 heterocycles. The molecule has 4 heteroatoms. The molecule has 2 aromatic carbocycles. The van der Waals surface area contributed by atoms with E-state index >= 15 is 0 Å². The van der Waals surface area contributed by atoms with Gasteiger partial charge in [-0.15, -0.1) is 0 Å². The first kappa shape index (κ1) is 12.1. The van der Waals surface area contributed by atoms with Gasteiger partial charge < -0.3 is 10.2 Å².